The van der Waals surface area contributed by atoms with Crippen LogP contribution in [0.3, 0.4) is 0 Å². The Morgan fingerprint density at radius 2 is 2.26 bits per heavy atom. The Hall–Kier alpha value is -1.22. The molecule has 2 rings (SSSR count). The molecule has 0 amide bonds. The van der Waals surface area contributed by atoms with Gasteiger partial charge in [-0.3, -0.25) is 5.84 Å². The zero-order valence-electron chi connectivity index (χ0n) is 10.7. The fourth-order valence-corrected chi connectivity index (χ4v) is 3.38. The van der Waals surface area contributed by atoms with Crippen molar-refractivity contribution in [3.05, 3.63) is 18.3 Å². The van der Waals surface area contributed by atoms with Crippen LogP contribution in [0.5, 0.6) is 0 Å². The Morgan fingerprint density at radius 3 is 2.89 bits per heavy atom. The average molecular weight is 286 g/mol. The standard InChI is InChI=1S/C11H18N4O3S/c1-2-18-9-6-8(7-9)15-19(16,17)11-10(14-12)4-3-5-13-11/h3-5,8-9,14-15H,2,6-7,12H2,1H3. The lowest BCUT2D eigenvalue weighted by Crippen LogP contribution is -2.48. The Bertz CT molecular complexity index is 528. The molecule has 8 heteroatoms. The van der Waals surface area contributed by atoms with Crippen LogP contribution in [0.4, 0.5) is 5.69 Å². The summed E-state index contributed by atoms with van der Waals surface area (Å²) in [5.74, 6) is 5.28. The number of hydrogen-bond acceptors (Lipinski definition) is 6. The van der Waals surface area contributed by atoms with Crippen LogP contribution < -0.4 is 16.0 Å². The van der Waals surface area contributed by atoms with E-state index in [9.17, 15) is 8.42 Å². The Kier molecular flexibility index (Phi) is 4.35. The SMILES string of the molecule is CCOC1CC(NS(=O)(=O)c2ncccc2NN)C1. The molecule has 0 saturated heterocycles. The van der Waals surface area contributed by atoms with E-state index in [4.69, 9.17) is 10.6 Å². The van der Waals surface area contributed by atoms with E-state index in [1.54, 1.807) is 12.1 Å². The summed E-state index contributed by atoms with van der Waals surface area (Å²) in [7, 11) is -3.66. The molecule has 4 N–H and O–H groups in total. The molecular formula is C11H18N4O3S. The number of pyridine rings is 1. The summed E-state index contributed by atoms with van der Waals surface area (Å²) in [5.41, 5.74) is 2.61. The first-order valence-electron chi connectivity index (χ1n) is 6.12. The second kappa shape index (κ2) is 5.83. The van der Waals surface area contributed by atoms with Crippen molar-refractivity contribution in [2.75, 3.05) is 12.0 Å². The number of nitrogens with zero attached hydrogens (tertiary/aromatic N) is 1. The maximum atomic E-state index is 12.2. The molecule has 1 aliphatic carbocycles. The van der Waals surface area contributed by atoms with Crippen LogP contribution in [0.25, 0.3) is 0 Å². The van der Waals surface area contributed by atoms with Crippen molar-refractivity contribution in [3.63, 3.8) is 0 Å². The minimum Gasteiger partial charge on any atom is -0.378 e. The van der Waals surface area contributed by atoms with Gasteiger partial charge in [-0.1, -0.05) is 0 Å². The van der Waals surface area contributed by atoms with Gasteiger partial charge in [-0.25, -0.2) is 18.1 Å². The van der Waals surface area contributed by atoms with E-state index >= 15 is 0 Å². The number of ether oxygens (including phenoxy) is 1. The third-order valence-electron chi connectivity index (χ3n) is 3.00. The number of nitrogens with two attached hydrogens (primary N) is 1. The number of hydrazine groups is 1. The van der Waals surface area contributed by atoms with Gasteiger partial charge in [0.1, 0.15) is 0 Å². The van der Waals surface area contributed by atoms with Gasteiger partial charge in [0, 0.05) is 18.8 Å². The quantitative estimate of drug-likeness (QED) is 0.510. The summed E-state index contributed by atoms with van der Waals surface area (Å²) in [6.45, 7) is 2.57. The molecule has 0 unspecified atom stereocenters. The van der Waals surface area contributed by atoms with Crippen molar-refractivity contribution < 1.29 is 13.2 Å². The lowest BCUT2D eigenvalue weighted by Gasteiger charge is -2.34. The highest BCUT2D eigenvalue weighted by molar-refractivity contribution is 7.89. The lowest BCUT2D eigenvalue weighted by atomic mass is 9.90. The molecule has 1 fully saturated rings. The van der Waals surface area contributed by atoms with Crippen molar-refractivity contribution in [2.45, 2.75) is 36.9 Å². The van der Waals surface area contributed by atoms with E-state index in [1.165, 1.54) is 6.20 Å². The zero-order chi connectivity index (χ0) is 13.9. The van der Waals surface area contributed by atoms with Crippen LogP contribution >= 0.6 is 0 Å². The summed E-state index contributed by atoms with van der Waals surface area (Å²) in [4.78, 5) is 3.86. The van der Waals surface area contributed by atoms with Gasteiger partial charge < -0.3 is 10.2 Å². The van der Waals surface area contributed by atoms with Crippen LogP contribution in [-0.2, 0) is 14.8 Å². The molecule has 1 aromatic rings. The molecule has 106 valence electrons. The zero-order valence-corrected chi connectivity index (χ0v) is 11.5. The van der Waals surface area contributed by atoms with Gasteiger partial charge in [0.2, 0.25) is 0 Å². The molecule has 7 nitrogen and oxygen atoms in total. The maximum absolute atomic E-state index is 12.2. The van der Waals surface area contributed by atoms with Gasteiger partial charge in [-0.05, 0) is 31.9 Å². The molecule has 0 spiro atoms. The molecule has 1 saturated carbocycles. The van der Waals surface area contributed by atoms with Crippen molar-refractivity contribution >= 4 is 15.7 Å². The van der Waals surface area contributed by atoms with E-state index in [2.05, 4.69) is 15.1 Å². The topological polar surface area (TPSA) is 106 Å². The van der Waals surface area contributed by atoms with E-state index in [0.717, 1.165) is 0 Å². The first-order chi connectivity index (χ1) is 9.06. The summed E-state index contributed by atoms with van der Waals surface area (Å²) >= 11 is 0. The average Bonchev–Trinajstić information content (AvgIpc) is 2.36. The van der Waals surface area contributed by atoms with Crippen LogP contribution in [0.1, 0.15) is 19.8 Å². The largest absolute Gasteiger partial charge is 0.378 e. The first-order valence-corrected chi connectivity index (χ1v) is 7.60. The van der Waals surface area contributed by atoms with Gasteiger partial charge in [0.05, 0.1) is 11.8 Å². The van der Waals surface area contributed by atoms with Gasteiger partial charge in [-0.2, -0.15) is 0 Å². The molecule has 0 atom stereocenters. The number of nitrogen functional groups attached to an aromatic ring is 1. The van der Waals surface area contributed by atoms with Gasteiger partial charge in [-0.15, -0.1) is 0 Å². The number of anilines is 1. The fourth-order valence-electron chi connectivity index (χ4n) is 2.02. The Balaban J connectivity index is 2.03. The van der Waals surface area contributed by atoms with Crippen LogP contribution in [0, 0.1) is 0 Å². The van der Waals surface area contributed by atoms with Gasteiger partial charge >= 0.3 is 0 Å². The first kappa shape index (κ1) is 14.2. The van der Waals surface area contributed by atoms with Crippen LogP contribution in [0.2, 0.25) is 0 Å². The van der Waals surface area contributed by atoms with Crippen molar-refractivity contribution in [3.8, 4) is 0 Å². The molecular weight excluding hydrogens is 268 g/mol. The lowest BCUT2D eigenvalue weighted by molar-refractivity contribution is -0.00476. The molecule has 1 aromatic heterocycles. The third kappa shape index (κ3) is 3.21. The summed E-state index contributed by atoms with van der Waals surface area (Å²) in [5, 5.41) is -0.0858. The molecule has 1 heterocycles. The molecule has 1 aliphatic rings. The molecule has 0 bridgehead atoms. The number of hydrogen-bond donors (Lipinski definition) is 3. The number of sulfonamides is 1. The summed E-state index contributed by atoms with van der Waals surface area (Å²) in [6, 6.07) is 3.07. The minimum atomic E-state index is -3.66. The third-order valence-corrected chi connectivity index (χ3v) is 4.48. The Labute approximate surface area is 112 Å². The molecule has 0 aliphatic heterocycles. The second-order valence-electron chi connectivity index (χ2n) is 4.37. The minimum absolute atomic E-state index is 0.0858. The monoisotopic (exact) mass is 286 g/mol. The number of rotatable bonds is 6. The van der Waals surface area contributed by atoms with Crippen molar-refractivity contribution in [2.24, 2.45) is 5.84 Å². The fraction of sp³-hybridized carbons (Fsp3) is 0.545. The number of aromatic nitrogens is 1. The van der Waals surface area contributed by atoms with Gasteiger partial charge in [0.15, 0.2) is 5.03 Å². The highest BCUT2D eigenvalue weighted by atomic mass is 32.2. The Morgan fingerprint density at radius 1 is 1.53 bits per heavy atom. The molecule has 0 aromatic carbocycles. The van der Waals surface area contributed by atoms with Crippen LogP contribution in [0.15, 0.2) is 23.4 Å². The smallest absolute Gasteiger partial charge is 0.260 e. The second-order valence-corrected chi connectivity index (χ2v) is 6.00. The van der Waals surface area contributed by atoms with Crippen LogP contribution in [-0.4, -0.2) is 32.2 Å². The van der Waals surface area contributed by atoms with E-state index in [1.807, 2.05) is 6.92 Å². The summed E-state index contributed by atoms with van der Waals surface area (Å²) < 4.78 is 32.3. The molecule has 19 heavy (non-hydrogen) atoms. The van der Waals surface area contributed by atoms with Crippen molar-refractivity contribution in [1.82, 2.24) is 9.71 Å². The molecule has 0 radical (unpaired) electrons. The van der Waals surface area contributed by atoms with E-state index < -0.39 is 10.0 Å². The van der Waals surface area contributed by atoms with Crippen molar-refractivity contribution in [1.29, 1.82) is 0 Å². The summed E-state index contributed by atoms with van der Waals surface area (Å²) in [6.07, 6.45) is 2.93. The highest BCUT2D eigenvalue weighted by Gasteiger charge is 2.34. The van der Waals surface area contributed by atoms with E-state index in [0.29, 0.717) is 19.4 Å². The predicted molar refractivity (Wildman–Crippen MR) is 70.8 cm³/mol. The van der Waals surface area contributed by atoms with E-state index in [-0.39, 0.29) is 22.9 Å². The van der Waals surface area contributed by atoms with Gasteiger partial charge in [0.25, 0.3) is 10.0 Å². The number of nitrogens with one attached hydrogen (secondary N) is 2. The highest BCUT2D eigenvalue weighted by Crippen LogP contribution is 2.26. The normalized spacial score (nSPS) is 22.8. The predicted octanol–water partition coefficient (Wildman–Crippen LogP) is 0.213. The maximum Gasteiger partial charge on any atom is 0.260 e.